The van der Waals surface area contributed by atoms with E-state index in [0.29, 0.717) is 5.92 Å². The zero-order valence-corrected chi connectivity index (χ0v) is 6.91. The zero-order valence-electron chi connectivity index (χ0n) is 6.91. The van der Waals surface area contributed by atoms with Crippen LogP contribution in [-0.2, 0) is 0 Å². The van der Waals surface area contributed by atoms with Crippen molar-refractivity contribution in [1.29, 1.82) is 0 Å². The minimum atomic E-state index is 0.168. The highest BCUT2D eigenvalue weighted by Crippen LogP contribution is 2.24. The van der Waals surface area contributed by atoms with Crippen molar-refractivity contribution in [3.05, 3.63) is 23.9 Å². The molecule has 1 rings (SSSR count). The second-order valence-electron chi connectivity index (χ2n) is 2.73. The summed E-state index contributed by atoms with van der Waals surface area (Å²) in [5.74, 6) is 0.561. The molecule has 0 aliphatic heterocycles. The summed E-state index contributed by atoms with van der Waals surface area (Å²) in [6.07, 6.45) is 2.63. The van der Waals surface area contributed by atoms with Crippen molar-refractivity contribution in [2.45, 2.75) is 26.2 Å². The lowest BCUT2D eigenvalue weighted by atomic mass is 10.0. The molecular formula is C9H13NO. The van der Waals surface area contributed by atoms with Gasteiger partial charge in [0.15, 0.2) is 0 Å². The van der Waals surface area contributed by atoms with Crippen LogP contribution in [0, 0.1) is 0 Å². The Morgan fingerprint density at radius 1 is 1.64 bits per heavy atom. The first kappa shape index (κ1) is 8.05. The largest absolute Gasteiger partial charge is 0.493 e. The summed E-state index contributed by atoms with van der Waals surface area (Å²) < 4.78 is 0. The van der Waals surface area contributed by atoms with E-state index in [1.54, 1.807) is 6.20 Å². The zero-order chi connectivity index (χ0) is 8.27. The molecule has 11 heavy (non-hydrogen) atoms. The molecule has 1 atom stereocenters. The van der Waals surface area contributed by atoms with Gasteiger partial charge in [0.2, 0.25) is 5.88 Å². The Bertz CT molecular complexity index is 235. The van der Waals surface area contributed by atoms with Gasteiger partial charge in [0.25, 0.3) is 0 Å². The lowest BCUT2D eigenvalue weighted by Crippen LogP contribution is -1.92. The van der Waals surface area contributed by atoms with Crippen LogP contribution in [0.4, 0.5) is 0 Å². The Labute approximate surface area is 66.9 Å². The Hall–Kier alpha value is -1.05. The third kappa shape index (κ3) is 1.70. The molecule has 0 aliphatic carbocycles. The molecule has 1 aromatic rings. The van der Waals surface area contributed by atoms with Crippen LogP contribution in [0.2, 0.25) is 0 Å². The molecule has 0 fully saturated rings. The smallest absolute Gasteiger partial charge is 0.214 e. The first-order chi connectivity index (χ1) is 5.25. The van der Waals surface area contributed by atoms with Crippen LogP contribution in [0.25, 0.3) is 0 Å². The molecule has 2 heteroatoms. The van der Waals surface area contributed by atoms with Crippen molar-refractivity contribution in [1.82, 2.24) is 4.98 Å². The van der Waals surface area contributed by atoms with Crippen molar-refractivity contribution in [2.24, 2.45) is 0 Å². The van der Waals surface area contributed by atoms with E-state index in [4.69, 9.17) is 0 Å². The number of rotatable bonds is 2. The maximum absolute atomic E-state index is 9.30. The van der Waals surface area contributed by atoms with Crippen LogP contribution in [0.1, 0.15) is 31.7 Å². The Balaban J connectivity index is 2.93. The highest BCUT2D eigenvalue weighted by Gasteiger charge is 2.07. The molecule has 2 nitrogen and oxygen atoms in total. The van der Waals surface area contributed by atoms with Crippen LogP contribution in [-0.4, -0.2) is 10.1 Å². The van der Waals surface area contributed by atoms with Crippen LogP contribution in [0.5, 0.6) is 5.88 Å². The summed E-state index contributed by atoms with van der Waals surface area (Å²) in [7, 11) is 0. The average molecular weight is 151 g/mol. The Kier molecular flexibility index (Phi) is 2.47. The third-order valence-corrected chi connectivity index (χ3v) is 1.96. The summed E-state index contributed by atoms with van der Waals surface area (Å²) in [5.41, 5.74) is 0.940. The van der Waals surface area contributed by atoms with Crippen molar-refractivity contribution < 1.29 is 5.11 Å². The molecule has 0 saturated carbocycles. The van der Waals surface area contributed by atoms with Gasteiger partial charge in [-0.3, -0.25) is 0 Å². The predicted octanol–water partition coefficient (Wildman–Crippen LogP) is 2.30. The summed E-state index contributed by atoms with van der Waals surface area (Å²) in [6.45, 7) is 4.17. The SMILES string of the molecule is CCC(C)c1cccnc1O. The van der Waals surface area contributed by atoms with Crippen LogP contribution in [0.15, 0.2) is 18.3 Å². The van der Waals surface area contributed by atoms with E-state index in [9.17, 15) is 5.11 Å². The molecule has 0 aliphatic rings. The highest BCUT2D eigenvalue weighted by molar-refractivity contribution is 5.27. The predicted molar refractivity (Wildman–Crippen MR) is 44.6 cm³/mol. The van der Waals surface area contributed by atoms with E-state index in [1.165, 1.54) is 0 Å². The molecule has 0 bridgehead atoms. The first-order valence-electron chi connectivity index (χ1n) is 3.89. The number of hydrogen-bond donors (Lipinski definition) is 1. The molecule has 1 aromatic heterocycles. The van der Waals surface area contributed by atoms with Crippen LogP contribution in [0.3, 0.4) is 0 Å². The van der Waals surface area contributed by atoms with Gasteiger partial charge in [0.05, 0.1) is 0 Å². The van der Waals surface area contributed by atoms with Crippen molar-refractivity contribution >= 4 is 0 Å². The topological polar surface area (TPSA) is 33.1 Å². The molecule has 0 amide bonds. The van der Waals surface area contributed by atoms with Gasteiger partial charge in [0.1, 0.15) is 0 Å². The summed E-state index contributed by atoms with van der Waals surface area (Å²) in [5, 5.41) is 9.30. The van der Waals surface area contributed by atoms with E-state index in [1.807, 2.05) is 12.1 Å². The minimum absolute atomic E-state index is 0.168. The van der Waals surface area contributed by atoms with Gasteiger partial charge in [-0.2, -0.15) is 0 Å². The first-order valence-corrected chi connectivity index (χ1v) is 3.89. The van der Waals surface area contributed by atoms with Gasteiger partial charge in [0, 0.05) is 11.8 Å². The van der Waals surface area contributed by atoms with Gasteiger partial charge in [-0.1, -0.05) is 19.9 Å². The van der Waals surface area contributed by atoms with E-state index < -0.39 is 0 Å². The number of aromatic nitrogens is 1. The second-order valence-corrected chi connectivity index (χ2v) is 2.73. The minimum Gasteiger partial charge on any atom is -0.493 e. The standard InChI is InChI=1S/C9H13NO/c1-3-7(2)8-5-4-6-10-9(8)11/h4-7H,3H2,1-2H3,(H,10,11). The monoisotopic (exact) mass is 151 g/mol. The van der Waals surface area contributed by atoms with E-state index in [2.05, 4.69) is 18.8 Å². The van der Waals surface area contributed by atoms with Crippen LogP contribution < -0.4 is 0 Å². The fourth-order valence-corrected chi connectivity index (χ4v) is 1.01. The normalized spacial score (nSPS) is 12.9. The number of nitrogens with zero attached hydrogens (tertiary/aromatic N) is 1. The summed E-state index contributed by atoms with van der Waals surface area (Å²) >= 11 is 0. The molecule has 0 saturated heterocycles. The molecule has 60 valence electrons. The average Bonchev–Trinajstić information content (AvgIpc) is 2.04. The summed E-state index contributed by atoms with van der Waals surface area (Å²) in [6, 6.07) is 3.76. The number of hydrogen-bond acceptors (Lipinski definition) is 2. The van der Waals surface area contributed by atoms with Gasteiger partial charge >= 0.3 is 0 Å². The highest BCUT2D eigenvalue weighted by atomic mass is 16.3. The lowest BCUT2D eigenvalue weighted by molar-refractivity contribution is 0.440. The quantitative estimate of drug-likeness (QED) is 0.703. The number of pyridine rings is 1. The molecular weight excluding hydrogens is 138 g/mol. The molecule has 1 N–H and O–H groups in total. The van der Waals surface area contributed by atoms with Gasteiger partial charge in [-0.15, -0.1) is 0 Å². The third-order valence-electron chi connectivity index (χ3n) is 1.96. The molecule has 1 unspecified atom stereocenters. The maximum atomic E-state index is 9.30. The van der Waals surface area contributed by atoms with Gasteiger partial charge < -0.3 is 5.11 Å². The Morgan fingerprint density at radius 2 is 2.36 bits per heavy atom. The second kappa shape index (κ2) is 3.37. The fourth-order valence-electron chi connectivity index (χ4n) is 1.01. The van der Waals surface area contributed by atoms with Crippen molar-refractivity contribution in [3.8, 4) is 5.88 Å². The van der Waals surface area contributed by atoms with E-state index >= 15 is 0 Å². The molecule has 0 spiro atoms. The van der Waals surface area contributed by atoms with Crippen LogP contribution >= 0.6 is 0 Å². The van der Waals surface area contributed by atoms with E-state index in [0.717, 1.165) is 12.0 Å². The van der Waals surface area contributed by atoms with Crippen molar-refractivity contribution in [3.63, 3.8) is 0 Å². The molecule has 1 heterocycles. The van der Waals surface area contributed by atoms with Crippen molar-refractivity contribution in [2.75, 3.05) is 0 Å². The molecule has 0 aromatic carbocycles. The molecule has 0 radical (unpaired) electrons. The maximum Gasteiger partial charge on any atom is 0.214 e. The Morgan fingerprint density at radius 3 is 2.91 bits per heavy atom. The number of aromatic hydroxyl groups is 1. The van der Waals surface area contributed by atoms with E-state index in [-0.39, 0.29) is 5.88 Å². The van der Waals surface area contributed by atoms with Gasteiger partial charge in [-0.05, 0) is 18.4 Å². The lowest BCUT2D eigenvalue weighted by Gasteiger charge is -2.08. The fraction of sp³-hybridized carbons (Fsp3) is 0.444. The summed E-state index contributed by atoms with van der Waals surface area (Å²) in [4.78, 5) is 3.80. The van der Waals surface area contributed by atoms with Gasteiger partial charge in [-0.25, -0.2) is 4.98 Å².